The molecule has 0 spiro atoms. The number of hydrogen-bond donors (Lipinski definition) is 1. The molecule has 3 rings (SSSR count). The van der Waals surface area contributed by atoms with Gasteiger partial charge in [0.2, 0.25) is 5.82 Å². The highest BCUT2D eigenvalue weighted by Gasteiger charge is 2.23. The van der Waals surface area contributed by atoms with Crippen LogP contribution in [0.15, 0.2) is 17.0 Å². The average molecular weight is 309 g/mol. The van der Waals surface area contributed by atoms with E-state index in [0.29, 0.717) is 17.3 Å². The average Bonchev–Trinajstić information content (AvgIpc) is 3.04. The molecule has 7 nitrogen and oxygen atoms in total. The van der Waals surface area contributed by atoms with Gasteiger partial charge in [0.05, 0.1) is 5.01 Å². The Kier molecular flexibility index (Phi) is 3.36. The second kappa shape index (κ2) is 5.17. The van der Waals surface area contributed by atoms with E-state index < -0.39 is 4.92 Å². The third-order valence-corrected chi connectivity index (χ3v) is 4.49. The van der Waals surface area contributed by atoms with E-state index in [1.807, 2.05) is 12.3 Å². The highest BCUT2D eigenvalue weighted by Crippen LogP contribution is 2.27. The molecule has 0 aliphatic rings. The number of anilines is 1. The smallest absolute Gasteiger partial charge is 0.363 e. The van der Waals surface area contributed by atoms with Crippen molar-refractivity contribution in [3.63, 3.8) is 0 Å². The van der Waals surface area contributed by atoms with E-state index in [0.717, 1.165) is 17.1 Å². The molecule has 20 heavy (non-hydrogen) atoms. The minimum absolute atomic E-state index is 0.0171. The predicted molar refractivity (Wildman–Crippen MR) is 78.8 cm³/mol. The van der Waals surface area contributed by atoms with E-state index in [2.05, 4.69) is 15.3 Å². The molecule has 0 aliphatic carbocycles. The molecule has 3 aromatic rings. The Morgan fingerprint density at radius 1 is 1.45 bits per heavy atom. The zero-order valence-electron chi connectivity index (χ0n) is 10.6. The van der Waals surface area contributed by atoms with Crippen LogP contribution in [-0.2, 0) is 6.42 Å². The summed E-state index contributed by atoms with van der Waals surface area (Å²) in [4.78, 5) is 19.9. The minimum atomic E-state index is -0.414. The summed E-state index contributed by atoms with van der Waals surface area (Å²) in [5, 5.41) is 18.9. The molecule has 3 aromatic heterocycles. The molecule has 0 saturated carbocycles. The number of imidazole rings is 1. The number of aryl methyl sites for hydroxylation is 1. The fraction of sp³-hybridized carbons (Fsp3) is 0.273. The summed E-state index contributed by atoms with van der Waals surface area (Å²) >= 11 is 2.96. The SMILES string of the molecule is Cc1csc(CCNc2nc3sccn3c2[N+](=O)[O-])n1. The molecule has 0 fully saturated rings. The summed E-state index contributed by atoms with van der Waals surface area (Å²) < 4.78 is 1.49. The van der Waals surface area contributed by atoms with Gasteiger partial charge in [-0.3, -0.25) is 0 Å². The van der Waals surface area contributed by atoms with Crippen molar-refractivity contribution in [3.8, 4) is 0 Å². The van der Waals surface area contributed by atoms with Gasteiger partial charge >= 0.3 is 5.82 Å². The first kappa shape index (κ1) is 13.0. The lowest BCUT2D eigenvalue weighted by atomic mass is 10.4. The molecule has 0 unspecified atom stereocenters. The molecule has 0 amide bonds. The van der Waals surface area contributed by atoms with Crippen LogP contribution in [0.5, 0.6) is 0 Å². The van der Waals surface area contributed by atoms with Gasteiger partial charge in [0.15, 0.2) is 0 Å². The second-order valence-corrected chi connectivity index (χ2v) is 5.97. The van der Waals surface area contributed by atoms with E-state index in [1.165, 1.54) is 15.7 Å². The van der Waals surface area contributed by atoms with Gasteiger partial charge in [0, 0.05) is 29.4 Å². The van der Waals surface area contributed by atoms with Crippen LogP contribution in [0.4, 0.5) is 11.6 Å². The zero-order valence-corrected chi connectivity index (χ0v) is 12.2. The molecule has 0 radical (unpaired) electrons. The summed E-state index contributed by atoms with van der Waals surface area (Å²) in [7, 11) is 0. The van der Waals surface area contributed by atoms with Gasteiger partial charge < -0.3 is 15.4 Å². The highest BCUT2D eigenvalue weighted by molar-refractivity contribution is 7.15. The quantitative estimate of drug-likeness (QED) is 0.578. The molecule has 0 saturated heterocycles. The number of nitrogens with one attached hydrogen (secondary N) is 1. The number of fused-ring (bicyclic) bond motifs is 1. The monoisotopic (exact) mass is 309 g/mol. The van der Waals surface area contributed by atoms with Crippen molar-refractivity contribution in [2.45, 2.75) is 13.3 Å². The van der Waals surface area contributed by atoms with Crippen molar-refractivity contribution >= 4 is 39.3 Å². The van der Waals surface area contributed by atoms with Gasteiger partial charge in [0.1, 0.15) is 6.20 Å². The number of thiazole rings is 2. The van der Waals surface area contributed by atoms with E-state index in [9.17, 15) is 10.1 Å². The van der Waals surface area contributed by atoms with E-state index in [1.54, 1.807) is 22.9 Å². The predicted octanol–water partition coefficient (Wildman–Crippen LogP) is 2.72. The van der Waals surface area contributed by atoms with Crippen molar-refractivity contribution < 1.29 is 4.92 Å². The van der Waals surface area contributed by atoms with Crippen LogP contribution < -0.4 is 5.32 Å². The van der Waals surface area contributed by atoms with Gasteiger partial charge in [-0.1, -0.05) is 11.3 Å². The standard InChI is InChI=1S/C11H11N5O2S2/c1-7-6-20-8(13-7)2-3-12-9-10(16(17)18)15-4-5-19-11(15)14-9/h4-6,12H,2-3H2,1H3. The van der Waals surface area contributed by atoms with Crippen LogP contribution in [0, 0.1) is 17.0 Å². The molecule has 0 bridgehead atoms. The summed E-state index contributed by atoms with van der Waals surface area (Å²) in [6, 6.07) is 0. The Bertz CT molecular complexity index is 760. The number of nitro groups is 1. The van der Waals surface area contributed by atoms with Crippen LogP contribution in [0.1, 0.15) is 10.7 Å². The van der Waals surface area contributed by atoms with Crippen LogP contribution in [0.25, 0.3) is 4.96 Å². The van der Waals surface area contributed by atoms with Crippen molar-refractivity contribution in [1.82, 2.24) is 14.4 Å². The second-order valence-electron chi connectivity index (χ2n) is 4.16. The number of hydrogen-bond acceptors (Lipinski definition) is 7. The van der Waals surface area contributed by atoms with Gasteiger partial charge in [0.25, 0.3) is 4.96 Å². The summed E-state index contributed by atoms with van der Waals surface area (Å²) in [6.45, 7) is 2.51. The van der Waals surface area contributed by atoms with Crippen LogP contribution in [-0.4, -0.2) is 25.8 Å². The van der Waals surface area contributed by atoms with Gasteiger partial charge in [-0.2, -0.15) is 9.38 Å². The maximum atomic E-state index is 11.1. The molecular formula is C11H11N5O2S2. The zero-order chi connectivity index (χ0) is 14.1. The summed E-state index contributed by atoms with van der Waals surface area (Å²) in [5.41, 5.74) is 0.999. The number of aromatic nitrogens is 3. The molecule has 0 aromatic carbocycles. The van der Waals surface area contributed by atoms with E-state index in [-0.39, 0.29) is 5.82 Å². The Morgan fingerprint density at radius 2 is 2.30 bits per heavy atom. The summed E-state index contributed by atoms with van der Waals surface area (Å²) in [5.74, 6) is 0.298. The van der Waals surface area contributed by atoms with Crippen LogP contribution in [0.2, 0.25) is 0 Å². The molecule has 3 heterocycles. The first-order chi connectivity index (χ1) is 9.65. The van der Waals surface area contributed by atoms with Crippen LogP contribution >= 0.6 is 22.7 Å². The molecule has 9 heteroatoms. The molecular weight excluding hydrogens is 298 g/mol. The minimum Gasteiger partial charge on any atom is -0.363 e. The van der Waals surface area contributed by atoms with Crippen molar-refractivity contribution in [2.75, 3.05) is 11.9 Å². The highest BCUT2D eigenvalue weighted by atomic mass is 32.1. The number of nitrogens with zero attached hydrogens (tertiary/aromatic N) is 4. The molecule has 0 atom stereocenters. The fourth-order valence-electron chi connectivity index (χ4n) is 1.87. The Morgan fingerprint density at radius 3 is 3.00 bits per heavy atom. The van der Waals surface area contributed by atoms with E-state index >= 15 is 0 Å². The largest absolute Gasteiger partial charge is 0.372 e. The third kappa shape index (κ3) is 2.37. The first-order valence-corrected chi connectivity index (χ1v) is 7.66. The normalized spacial score (nSPS) is 11.1. The van der Waals surface area contributed by atoms with Crippen LogP contribution in [0.3, 0.4) is 0 Å². The molecule has 104 valence electrons. The fourth-order valence-corrected chi connectivity index (χ4v) is 3.36. The topological polar surface area (TPSA) is 85.4 Å². The van der Waals surface area contributed by atoms with Crippen molar-refractivity contribution in [2.24, 2.45) is 0 Å². The lowest BCUT2D eigenvalue weighted by Crippen LogP contribution is -2.07. The number of rotatable bonds is 5. The van der Waals surface area contributed by atoms with Gasteiger partial charge in [-0.25, -0.2) is 4.98 Å². The van der Waals surface area contributed by atoms with Gasteiger partial charge in [-0.05, 0) is 11.8 Å². The van der Waals surface area contributed by atoms with Crippen molar-refractivity contribution in [3.05, 3.63) is 37.8 Å². The Labute approximate surface area is 122 Å². The van der Waals surface area contributed by atoms with E-state index in [4.69, 9.17) is 0 Å². The first-order valence-electron chi connectivity index (χ1n) is 5.90. The Hall–Kier alpha value is -2.00. The molecule has 1 N–H and O–H groups in total. The lowest BCUT2D eigenvalue weighted by Gasteiger charge is -2.01. The third-order valence-electron chi connectivity index (χ3n) is 2.71. The summed E-state index contributed by atoms with van der Waals surface area (Å²) in [6.07, 6.45) is 2.38. The maximum absolute atomic E-state index is 11.1. The maximum Gasteiger partial charge on any atom is 0.372 e. The lowest BCUT2D eigenvalue weighted by molar-refractivity contribution is -0.389. The Balaban J connectivity index is 1.75. The molecule has 0 aliphatic heterocycles. The van der Waals surface area contributed by atoms with Gasteiger partial charge in [-0.15, -0.1) is 11.3 Å². The van der Waals surface area contributed by atoms with Crippen molar-refractivity contribution in [1.29, 1.82) is 0 Å².